The molecule has 0 aliphatic heterocycles. The lowest BCUT2D eigenvalue weighted by atomic mass is 10.1. The molecule has 0 saturated heterocycles. The van der Waals surface area contributed by atoms with Crippen LogP contribution in [0.3, 0.4) is 0 Å². The smallest absolute Gasteiger partial charge is 0.408 e. The third-order valence-electron chi connectivity index (χ3n) is 3.93. The first kappa shape index (κ1) is 20.8. The van der Waals surface area contributed by atoms with Gasteiger partial charge in [-0.05, 0) is 30.2 Å². The molecule has 148 valence electrons. The van der Waals surface area contributed by atoms with E-state index in [0.717, 1.165) is 5.56 Å². The van der Waals surface area contributed by atoms with E-state index in [1.54, 1.807) is 24.3 Å². The van der Waals surface area contributed by atoms with Gasteiger partial charge < -0.3 is 25.6 Å². The molecule has 2 aromatic rings. The molecule has 0 saturated carbocycles. The van der Waals surface area contributed by atoms with Crippen molar-refractivity contribution in [3.05, 3.63) is 65.7 Å². The average Bonchev–Trinajstić information content (AvgIpc) is 2.68. The van der Waals surface area contributed by atoms with Crippen LogP contribution in [0.4, 0.5) is 4.79 Å². The molecule has 2 atom stereocenters. The number of hydrogen-bond donors (Lipinski definition) is 4. The van der Waals surface area contributed by atoms with Gasteiger partial charge in [-0.15, -0.1) is 0 Å². The van der Waals surface area contributed by atoms with Gasteiger partial charge in [0.05, 0.1) is 0 Å². The summed E-state index contributed by atoms with van der Waals surface area (Å²) in [6, 6.07) is 12.9. The number of carboxylic acid groups (broad SMARTS) is 1. The van der Waals surface area contributed by atoms with Gasteiger partial charge in [0.15, 0.2) is 0 Å². The highest BCUT2D eigenvalue weighted by Crippen LogP contribution is 2.11. The summed E-state index contributed by atoms with van der Waals surface area (Å²) in [5.74, 6) is -1.80. The number of carbonyl (C=O) groups is 3. The van der Waals surface area contributed by atoms with Gasteiger partial charge in [-0.2, -0.15) is 0 Å². The van der Waals surface area contributed by atoms with Crippen LogP contribution >= 0.6 is 0 Å². The van der Waals surface area contributed by atoms with Crippen molar-refractivity contribution in [2.45, 2.75) is 32.0 Å². The number of rotatable bonds is 8. The number of aliphatic carboxylic acids is 1. The lowest BCUT2D eigenvalue weighted by Gasteiger charge is -2.19. The lowest BCUT2D eigenvalue weighted by molar-refractivity contribution is -0.142. The van der Waals surface area contributed by atoms with Gasteiger partial charge >= 0.3 is 12.1 Å². The molecule has 0 heterocycles. The van der Waals surface area contributed by atoms with Crippen LogP contribution in [0.5, 0.6) is 5.75 Å². The molecule has 8 heteroatoms. The predicted molar refractivity (Wildman–Crippen MR) is 101 cm³/mol. The molecule has 0 fully saturated rings. The first-order chi connectivity index (χ1) is 13.3. The summed E-state index contributed by atoms with van der Waals surface area (Å²) in [6.07, 6.45) is -0.746. The number of nitrogens with one attached hydrogen (secondary N) is 2. The van der Waals surface area contributed by atoms with E-state index in [-0.39, 0.29) is 18.8 Å². The zero-order chi connectivity index (χ0) is 20.5. The van der Waals surface area contributed by atoms with Gasteiger partial charge in [-0.25, -0.2) is 9.59 Å². The normalized spacial score (nSPS) is 12.5. The molecular formula is C20H22N2O6. The van der Waals surface area contributed by atoms with Crippen molar-refractivity contribution in [1.82, 2.24) is 10.6 Å². The maximum Gasteiger partial charge on any atom is 0.408 e. The van der Waals surface area contributed by atoms with E-state index < -0.39 is 30.1 Å². The fourth-order valence-corrected chi connectivity index (χ4v) is 2.37. The van der Waals surface area contributed by atoms with Crippen LogP contribution in [0.25, 0.3) is 0 Å². The van der Waals surface area contributed by atoms with Crippen molar-refractivity contribution >= 4 is 18.0 Å². The van der Waals surface area contributed by atoms with E-state index in [4.69, 9.17) is 4.74 Å². The highest BCUT2D eigenvalue weighted by atomic mass is 16.5. The fourth-order valence-electron chi connectivity index (χ4n) is 2.37. The van der Waals surface area contributed by atoms with Crippen LogP contribution in [0.15, 0.2) is 54.6 Å². The van der Waals surface area contributed by atoms with Gasteiger partial charge in [0.25, 0.3) is 0 Å². The molecule has 0 bridgehead atoms. The van der Waals surface area contributed by atoms with Gasteiger partial charge in [-0.3, -0.25) is 4.79 Å². The van der Waals surface area contributed by atoms with E-state index in [1.165, 1.54) is 19.1 Å². The van der Waals surface area contributed by atoms with Gasteiger partial charge in [0.2, 0.25) is 5.91 Å². The Bertz CT molecular complexity index is 807. The van der Waals surface area contributed by atoms with Crippen molar-refractivity contribution in [2.75, 3.05) is 0 Å². The second kappa shape index (κ2) is 9.96. The van der Waals surface area contributed by atoms with Crippen molar-refractivity contribution in [2.24, 2.45) is 0 Å². The number of amides is 2. The Kier molecular flexibility index (Phi) is 7.38. The molecule has 2 aromatic carbocycles. The maximum atomic E-state index is 12.2. The number of benzene rings is 2. The van der Waals surface area contributed by atoms with Gasteiger partial charge in [0, 0.05) is 6.42 Å². The molecule has 2 amide bonds. The number of phenols is 1. The topological polar surface area (TPSA) is 125 Å². The number of carboxylic acids is 1. The summed E-state index contributed by atoms with van der Waals surface area (Å²) in [5, 5.41) is 23.4. The van der Waals surface area contributed by atoms with E-state index in [2.05, 4.69) is 10.6 Å². The highest BCUT2D eigenvalue weighted by molar-refractivity contribution is 5.89. The molecule has 0 aromatic heterocycles. The fraction of sp³-hybridized carbons (Fsp3) is 0.250. The predicted octanol–water partition coefficient (Wildman–Crippen LogP) is 1.82. The minimum atomic E-state index is -1.21. The van der Waals surface area contributed by atoms with Crippen molar-refractivity contribution in [3.63, 3.8) is 0 Å². The van der Waals surface area contributed by atoms with Crippen LogP contribution in [0.1, 0.15) is 18.1 Å². The van der Waals surface area contributed by atoms with Crippen LogP contribution < -0.4 is 10.6 Å². The van der Waals surface area contributed by atoms with Gasteiger partial charge in [0.1, 0.15) is 24.4 Å². The summed E-state index contributed by atoms with van der Waals surface area (Å²) in [5.41, 5.74) is 1.43. The number of alkyl carbamates (subject to hydrolysis) is 1. The second-order valence-corrected chi connectivity index (χ2v) is 6.20. The molecule has 0 aliphatic carbocycles. The lowest BCUT2D eigenvalue weighted by Crippen LogP contribution is -2.51. The van der Waals surface area contributed by atoms with Crippen molar-refractivity contribution in [3.8, 4) is 5.75 Å². The summed E-state index contributed by atoms with van der Waals surface area (Å²) >= 11 is 0. The highest BCUT2D eigenvalue weighted by Gasteiger charge is 2.24. The van der Waals surface area contributed by atoms with Crippen molar-refractivity contribution in [1.29, 1.82) is 0 Å². The third kappa shape index (κ3) is 6.64. The second-order valence-electron chi connectivity index (χ2n) is 6.20. The summed E-state index contributed by atoms with van der Waals surface area (Å²) in [4.78, 5) is 35.5. The van der Waals surface area contributed by atoms with E-state index in [9.17, 15) is 24.6 Å². The third-order valence-corrected chi connectivity index (χ3v) is 3.93. The van der Waals surface area contributed by atoms with Crippen LogP contribution in [0.2, 0.25) is 0 Å². The van der Waals surface area contributed by atoms with Crippen LogP contribution in [0, 0.1) is 0 Å². The minimum absolute atomic E-state index is 0.0343. The zero-order valence-electron chi connectivity index (χ0n) is 15.3. The SMILES string of the molecule is C[C@H](NC(=O)OCc1ccccc1)C(=O)N[C@@H](Cc1ccc(O)cc1)C(=O)O. The molecule has 0 radical (unpaired) electrons. The first-order valence-electron chi connectivity index (χ1n) is 8.63. The maximum absolute atomic E-state index is 12.2. The number of phenolic OH excluding ortho intramolecular Hbond substituents is 1. The molecule has 0 aliphatic rings. The van der Waals surface area contributed by atoms with Gasteiger partial charge in [-0.1, -0.05) is 42.5 Å². The molecule has 4 N–H and O–H groups in total. The Balaban J connectivity index is 1.85. The largest absolute Gasteiger partial charge is 0.508 e. The first-order valence-corrected chi connectivity index (χ1v) is 8.63. The number of hydrogen-bond acceptors (Lipinski definition) is 5. The van der Waals surface area contributed by atoms with Crippen LogP contribution in [-0.4, -0.2) is 40.3 Å². The zero-order valence-corrected chi connectivity index (χ0v) is 15.3. The Hall–Kier alpha value is -3.55. The van der Waals surface area contributed by atoms with E-state index in [0.29, 0.717) is 5.56 Å². The summed E-state index contributed by atoms with van der Waals surface area (Å²) in [6.45, 7) is 1.48. The molecule has 0 spiro atoms. The molecule has 0 unspecified atom stereocenters. The molecule has 28 heavy (non-hydrogen) atoms. The monoisotopic (exact) mass is 386 g/mol. The van der Waals surface area contributed by atoms with E-state index in [1.807, 2.05) is 18.2 Å². The Labute approximate surface area is 162 Å². The Morgan fingerprint density at radius 1 is 0.964 bits per heavy atom. The molecule has 8 nitrogen and oxygen atoms in total. The Morgan fingerprint density at radius 3 is 2.21 bits per heavy atom. The van der Waals surface area contributed by atoms with Crippen LogP contribution in [-0.2, 0) is 27.4 Å². The number of aromatic hydroxyl groups is 1. The summed E-state index contributed by atoms with van der Waals surface area (Å²) < 4.78 is 5.04. The number of ether oxygens (including phenoxy) is 1. The quantitative estimate of drug-likeness (QED) is 0.548. The van der Waals surface area contributed by atoms with E-state index >= 15 is 0 Å². The molecular weight excluding hydrogens is 364 g/mol. The number of carbonyl (C=O) groups excluding carboxylic acids is 2. The standard InChI is InChI=1S/C20H22N2O6/c1-13(21-20(27)28-12-15-5-3-2-4-6-15)18(24)22-17(19(25)26)11-14-7-9-16(23)10-8-14/h2-10,13,17,23H,11-12H2,1H3,(H,21,27)(H,22,24)(H,25,26)/t13-,17-/m0/s1. The minimum Gasteiger partial charge on any atom is -0.508 e. The van der Waals surface area contributed by atoms with Crippen molar-refractivity contribution < 1.29 is 29.3 Å². The summed E-state index contributed by atoms with van der Waals surface area (Å²) in [7, 11) is 0. The Morgan fingerprint density at radius 2 is 1.61 bits per heavy atom. The average molecular weight is 386 g/mol. The molecule has 2 rings (SSSR count).